The monoisotopic (exact) mass is 181 g/mol. The van der Waals surface area contributed by atoms with Crippen LogP contribution in [0.4, 0.5) is 4.39 Å². The van der Waals surface area contributed by atoms with Crippen LogP contribution in [-0.2, 0) is 0 Å². The van der Waals surface area contributed by atoms with E-state index in [-0.39, 0.29) is 5.82 Å². The van der Waals surface area contributed by atoms with Crippen LogP contribution < -0.4 is 10.3 Å². The van der Waals surface area contributed by atoms with Gasteiger partial charge in [0.2, 0.25) is 5.69 Å². The van der Waals surface area contributed by atoms with Gasteiger partial charge in [0.15, 0.2) is 0 Å². The second-order valence-electron chi connectivity index (χ2n) is 2.49. The molecule has 0 atom stereocenters. The summed E-state index contributed by atoms with van der Waals surface area (Å²) < 4.78 is 18.3. The van der Waals surface area contributed by atoms with Gasteiger partial charge in [-0.1, -0.05) is 0 Å². The fourth-order valence-corrected chi connectivity index (χ4v) is 0.981. The number of rotatable bonds is 1. The van der Waals surface area contributed by atoms with Crippen molar-refractivity contribution >= 4 is 0 Å². The maximum absolute atomic E-state index is 12.5. The molecule has 0 saturated heterocycles. The molecule has 4 nitrogen and oxygen atoms in total. The predicted octanol–water partition coefficient (Wildman–Crippen LogP) is 0.384. The first-order valence-corrected chi connectivity index (χ1v) is 3.62. The molecule has 0 aliphatic rings. The predicted molar refractivity (Wildman–Crippen MR) is 40.8 cm³/mol. The smallest absolute Gasteiger partial charge is 0.283 e. The second kappa shape index (κ2) is 2.85. The van der Waals surface area contributed by atoms with Crippen molar-refractivity contribution in [1.82, 2.24) is 5.27 Å². The summed E-state index contributed by atoms with van der Waals surface area (Å²) in [5.41, 5.74) is 0.150. The van der Waals surface area contributed by atoms with Crippen LogP contribution in [0.25, 0.3) is 5.69 Å². The molecular formula is C8H6FN2O2+. The zero-order valence-corrected chi connectivity index (χ0v) is 6.53. The first-order chi connectivity index (χ1) is 6.25. The van der Waals surface area contributed by atoms with E-state index in [1.54, 1.807) is 0 Å². The highest BCUT2D eigenvalue weighted by Crippen LogP contribution is 2.00. The summed E-state index contributed by atoms with van der Waals surface area (Å²) in [6.45, 7) is 0. The van der Waals surface area contributed by atoms with Crippen LogP contribution >= 0.6 is 0 Å². The molecule has 0 spiro atoms. The van der Waals surface area contributed by atoms with Crippen LogP contribution in [0.2, 0.25) is 0 Å². The van der Waals surface area contributed by atoms with Crippen LogP contribution in [0, 0.1) is 5.82 Å². The minimum absolute atomic E-state index is 0.324. The van der Waals surface area contributed by atoms with Gasteiger partial charge in [-0.15, -0.1) is 0 Å². The quantitative estimate of drug-likeness (QED) is 0.647. The molecule has 0 radical (unpaired) electrons. The Morgan fingerprint density at radius 2 is 2.00 bits per heavy atom. The zero-order valence-electron chi connectivity index (χ0n) is 6.53. The van der Waals surface area contributed by atoms with Crippen molar-refractivity contribution in [1.29, 1.82) is 0 Å². The maximum Gasteiger partial charge on any atom is 0.427 e. The van der Waals surface area contributed by atoms with Gasteiger partial charge in [-0.2, -0.15) is 0 Å². The molecule has 2 aromatic rings. The summed E-state index contributed by atoms with van der Waals surface area (Å²) in [6.07, 6.45) is 1.23. The van der Waals surface area contributed by atoms with Gasteiger partial charge < -0.3 is 0 Å². The van der Waals surface area contributed by atoms with E-state index in [0.29, 0.717) is 5.69 Å². The van der Waals surface area contributed by atoms with E-state index in [2.05, 4.69) is 9.79 Å². The first kappa shape index (κ1) is 7.72. The minimum Gasteiger partial charge on any atom is -0.283 e. The number of benzene rings is 1. The molecule has 1 N–H and O–H groups in total. The molecule has 0 unspecified atom stereocenters. The van der Waals surface area contributed by atoms with Crippen LogP contribution in [0.3, 0.4) is 0 Å². The number of halogens is 1. The zero-order chi connectivity index (χ0) is 9.26. The first-order valence-electron chi connectivity index (χ1n) is 3.62. The Morgan fingerprint density at radius 3 is 2.54 bits per heavy atom. The topological polar surface area (TPSA) is 49.9 Å². The molecule has 0 aliphatic carbocycles. The third-order valence-corrected chi connectivity index (χ3v) is 1.58. The lowest BCUT2D eigenvalue weighted by atomic mass is 10.3. The molecule has 0 fully saturated rings. The Bertz CT molecular complexity index is 457. The lowest BCUT2D eigenvalue weighted by Gasteiger charge is -1.87. The van der Waals surface area contributed by atoms with Gasteiger partial charge in [-0.3, -0.25) is 4.52 Å². The van der Waals surface area contributed by atoms with Crippen molar-refractivity contribution in [3.05, 3.63) is 46.7 Å². The van der Waals surface area contributed by atoms with E-state index < -0.39 is 5.63 Å². The Labute approximate surface area is 72.2 Å². The van der Waals surface area contributed by atoms with Crippen molar-refractivity contribution in [3.8, 4) is 5.69 Å². The van der Waals surface area contributed by atoms with Crippen LogP contribution in [0.15, 0.2) is 39.8 Å². The second-order valence-corrected chi connectivity index (χ2v) is 2.49. The van der Waals surface area contributed by atoms with Crippen molar-refractivity contribution in [2.45, 2.75) is 0 Å². The highest BCUT2D eigenvalue weighted by atomic mass is 19.1. The summed E-state index contributed by atoms with van der Waals surface area (Å²) >= 11 is 0. The Hall–Kier alpha value is -1.91. The fraction of sp³-hybridized carbons (Fsp3) is 0. The average Bonchev–Trinajstić information content (AvgIpc) is 2.53. The molecule has 0 bridgehead atoms. The third kappa shape index (κ3) is 1.48. The van der Waals surface area contributed by atoms with Gasteiger partial charge in [-0.25, -0.2) is 9.18 Å². The Balaban J connectivity index is 2.47. The molecule has 1 aromatic carbocycles. The number of hydrogen-bond donors (Lipinski definition) is 1. The molecule has 0 amide bonds. The van der Waals surface area contributed by atoms with E-state index >= 15 is 0 Å². The van der Waals surface area contributed by atoms with Gasteiger partial charge in [0.25, 0.3) is 6.20 Å². The van der Waals surface area contributed by atoms with E-state index in [1.807, 2.05) is 0 Å². The number of aromatic nitrogens is 2. The highest BCUT2D eigenvalue weighted by molar-refractivity contribution is 5.21. The van der Waals surface area contributed by atoms with Gasteiger partial charge in [0.1, 0.15) is 5.82 Å². The highest BCUT2D eigenvalue weighted by Gasteiger charge is 2.09. The maximum atomic E-state index is 12.5. The fourth-order valence-electron chi connectivity index (χ4n) is 0.981. The van der Waals surface area contributed by atoms with Crippen molar-refractivity contribution < 1.29 is 13.6 Å². The van der Waals surface area contributed by atoms with E-state index in [1.165, 1.54) is 35.1 Å². The number of hydrogen-bond acceptors (Lipinski definition) is 2. The summed E-state index contributed by atoms with van der Waals surface area (Å²) in [6, 6.07) is 5.66. The van der Waals surface area contributed by atoms with Crippen LogP contribution in [0.5, 0.6) is 0 Å². The number of aromatic amines is 1. The van der Waals surface area contributed by atoms with Crippen molar-refractivity contribution in [2.24, 2.45) is 0 Å². The van der Waals surface area contributed by atoms with Crippen molar-refractivity contribution in [2.75, 3.05) is 0 Å². The number of nitrogens with one attached hydrogen (secondary N) is 1. The van der Waals surface area contributed by atoms with E-state index in [0.717, 1.165) is 0 Å². The molecule has 13 heavy (non-hydrogen) atoms. The van der Waals surface area contributed by atoms with Gasteiger partial charge in [-0.05, 0) is 22.1 Å². The summed E-state index contributed by atoms with van der Waals surface area (Å²) in [7, 11) is 0. The van der Waals surface area contributed by atoms with Crippen molar-refractivity contribution in [3.63, 3.8) is 0 Å². The summed E-state index contributed by atoms with van der Waals surface area (Å²) in [5.74, 6) is -0.324. The molecule has 5 heteroatoms. The van der Waals surface area contributed by atoms with E-state index in [9.17, 15) is 9.18 Å². The standard InChI is InChI=1S/C8H5FN2O2/c9-6-1-3-7(4-2-6)11-5-8(12)13-10-11/h1-5H/p+1. The molecule has 0 aliphatic heterocycles. The molecule has 1 aromatic heterocycles. The van der Waals surface area contributed by atoms with Gasteiger partial charge in [0, 0.05) is 12.1 Å². The molecule has 0 saturated carbocycles. The molecule has 1 heterocycles. The summed E-state index contributed by atoms with van der Waals surface area (Å²) in [5, 5.41) is 2.35. The average molecular weight is 181 g/mol. The largest absolute Gasteiger partial charge is 0.427 e. The minimum atomic E-state index is -0.482. The third-order valence-electron chi connectivity index (χ3n) is 1.58. The summed E-state index contributed by atoms with van der Waals surface area (Å²) in [4.78, 5) is 10.6. The van der Waals surface area contributed by atoms with Crippen LogP contribution in [-0.4, -0.2) is 5.27 Å². The molecule has 66 valence electrons. The number of H-pyrrole nitrogens is 1. The number of nitrogens with zero attached hydrogens (tertiary/aromatic N) is 1. The SMILES string of the molecule is O=c1c[n+](-c2ccc(F)cc2)[nH]o1. The Kier molecular flexibility index (Phi) is 1.70. The normalized spacial score (nSPS) is 10.2. The lowest BCUT2D eigenvalue weighted by Crippen LogP contribution is -2.31. The van der Waals surface area contributed by atoms with Crippen LogP contribution in [0.1, 0.15) is 0 Å². The van der Waals surface area contributed by atoms with Gasteiger partial charge in [0.05, 0.1) is 0 Å². The molecule has 2 rings (SSSR count). The Morgan fingerprint density at radius 1 is 1.31 bits per heavy atom. The molecular weight excluding hydrogens is 175 g/mol. The lowest BCUT2D eigenvalue weighted by molar-refractivity contribution is -0.670. The van der Waals surface area contributed by atoms with Gasteiger partial charge >= 0.3 is 5.63 Å². The van der Waals surface area contributed by atoms with E-state index in [4.69, 9.17) is 0 Å².